The van der Waals surface area contributed by atoms with E-state index < -0.39 is 0 Å². The summed E-state index contributed by atoms with van der Waals surface area (Å²) in [5.74, 6) is 0. The van der Waals surface area contributed by atoms with Gasteiger partial charge in [0.05, 0.1) is 11.4 Å². The number of hydrogen-bond acceptors (Lipinski definition) is 5. The second kappa shape index (κ2) is 6.07. The lowest BCUT2D eigenvalue weighted by molar-refractivity contribution is 0.0808. The molecule has 2 aromatic heterocycles. The van der Waals surface area contributed by atoms with E-state index in [1.807, 2.05) is 6.92 Å². The molecule has 1 N–H and O–H groups in total. The maximum absolute atomic E-state index is 4.42. The van der Waals surface area contributed by atoms with Crippen LogP contribution < -0.4 is 5.32 Å². The first-order valence-corrected chi connectivity index (χ1v) is 8.93. The van der Waals surface area contributed by atoms with Crippen LogP contribution in [0.25, 0.3) is 5.65 Å². The smallest absolute Gasteiger partial charge is 0.200 e. The van der Waals surface area contributed by atoms with Crippen LogP contribution in [0.15, 0.2) is 12.4 Å². The highest BCUT2D eigenvalue weighted by Crippen LogP contribution is 2.37. The monoisotopic (exact) mass is 314 g/mol. The molecule has 0 radical (unpaired) electrons. The topological polar surface area (TPSA) is 58.3 Å². The third kappa shape index (κ3) is 2.80. The summed E-state index contributed by atoms with van der Waals surface area (Å²) in [6.07, 6.45) is 11.1. The quantitative estimate of drug-likeness (QED) is 0.940. The van der Waals surface area contributed by atoms with Crippen molar-refractivity contribution >= 4 is 11.3 Å². The summed E-state index contributed by atoms with van der Waals surface area (Å²) in [5, 5.41) is 16.3. The van der Waals surface area contributed by atoms with Crippen molar-refractivity contribution in [3.05, 3.63) is 18.1 Å². The molecule has 1 saturated carbocycles. The molecular weight excluding hydrogens is 288 g/mol. The van der Waals surface area contributed by atoms with E-state index in [9.17, 15) is 0 Å². The van der Waals surface area contributed by atoms with Crippen LogP contribution in [0.3, 0.4) is 0 Å². The summed E-state index contributed by atoms with van der Waals surface area (Å²) >= 11 is 0. The van der Waals surface area contributed by atoms with Gasteiger partial charge in [0.25, 0.3) is 0 Å². The van der Waals surface area contributed by atoms with Crippen molar-refractivity contribution in [2.24, 2.45) is 0 Å². The molecule has 6 heteroatoms. The summed E-state index contributed by atoms with van der Waals surface area (Å²) in [6.45, 7) is 5.54. The molecule has 1 saturated heterocycles. The Balaban J connectivity index is 1.56. The fourth-order valence-corrected chi connectivity index (χ4v) is 4.35. The number of piperidine rings is 1. The van der Waals surface area contributed by atoms with Gasteiger partial charge in [-0.25, -0.2) is 0 Å². The number of likely N-dealkylation sites (tertiary alicyclic amines) is 1. The van der Waals surface area contributed by atoms with Crippen LogP contribution in [-0.4, -0.2) is 49.9 Å². The van der Waals surface area contributed by atoms with Gasteiger partial charge in [-0.1, -0.05) is 19.3 Å². The van der Waals surface area contributed by atoms with Crippen LogP contribution >= 0.6 is 0 Å². The minimum Gasteiger partial charge on any atom is -0.380 e. The Labute approximate surface area is 137 Å². The van der Waals surface area contributed by atoms with Crippen molar-refractivity contribution in [3.63, 3.8) is 0 Å². The molecule has 1 aliphatic heterocycles. The van der Waals surface area contributed by atoms with E-state index in [0.29, 0.717) is 5.54 Å². The Hall–Kier alpha value is -1.69. The van der Waals surface area contributed by atoms with Crippen LogP contribution in [-0.2, 0) is 0 Å². The third-order valence-electron chi connectivity index (χ3n) is 5.56. The normalized spacial score (nSPS) is 21.8. The SMILES string of the molecule is Cc1cc(NCC2(N3CCCCC3)CCCC2)c2nncn2n1. The van der Waals surface area contributed by atoms with Crippen molar-refractivity contribution in [2.75, 3.05) is 25.0 Å². The van der Waals surface area contributed by atoms with Gasteiger partial charge in [0.1, 0.15) is 6.33 Å². The average molecular weight is 314 g/mol. The zero-order chi connectivity index (χ0) is 15.7. The van der Waals surface area contributed by atoms with Crippen molar-refractivity contribution in [1.29, 1.82) is 0 Å². The fraction of sp³-hybridized carbons (Fsp3) is 0.706. The van der Waals surface area contributed by atoms with Gasteiger partial charge in [-0.05, 0) is 51.8 Å². The van der Waals surface area contributed by atoms with Gasteiger partial charge in [-0.2, -0.15) is 9.61 Å². The molecule has 2 aromatic rings. The molecule has 4 rings (SSSR count). The van der Waals surface area contributed by atoms with E-state index in [2.05, 4.69) is 31.6 Å². The van der Waals surface area contributed by atoms with Crippen molar-refractivity contribution < 1.29 is 0 Å². The Morgan fingerprint density at radius 1 is 1.13 bits per heavy atom. The van der Waals surface area contributed by atoms with E-state index in [0.717, 1.165) is 23.6 Å². The zero-order valence-corrected chi connectivity index (χ0v) is 14.0. The van der Waals surface area contributed by atoms with E-state index in [-0.39, 0.29) is 0 Å². The number of anilines is 1. The predicted octanol–water partition coefficient (Wildman–Crippen LogP) is 2.64. The van der Waals surface area contributed by atoms with Crippen LogP contribution in [0.1, 0.15) is 50.6 Å². The Kier molecular flexibility index (Phi) is 3.93. The molecular formula is C17H26N6. The first-order valence-electron chi connectivity index (χ1n) is 8.93. The molecule has 3 heterocycles. The van der Waals surface area contributed by atoms with Gasteiger partial charge in [0.15, 0.2) is 0 Å². The molecule has 2 aliphatic rings. The number of nitrogens with one attached hydrogen (secondary N) is 1. The van der Waals surface area contributed by atoms with E-state index >= 15 is 0 Å². The highest BCUT2D eigenvalue weighted by molar-refractivity contribution is 5.66. The van der Waals surface area contributed by atoms with E-state index in [1.165, 1.54) is 58.0 Å². The lowest BCUT2D eigenvalue weighted by atomic mass is 9.92. The van der Waals surface area contributed by atoms with Crippen molar-refractivity contribution in [1.82, 2.24) is 24.7 Å². The van der Waals surface area contributed by atoms with Gasteiger partial charge < -0.3 is 5.32 Å². The van der Waals surface area contributed by atoms with Crippen LogP contribution in [0, 0.1) is 6.92 Å². The predicted molar refractivity (Wildman–Crippen MR) is 90.6 cm³/mol. The van der Waals surface area contributed by atoms with Gasteiger partial charge in [0.2, 0.25) is 5.65 Å². The molecule has 0 amide bonds. The molecule has 124 valence electrons. The van der Waals surface area contributed by atoms with E-state index in [4.69, 9.17) is 0 Å². The molecule has 1 aliphatic carbocycles. The summed E-state index contributed by atoms with van der Waals surface area (Å²) in [7, 11) is 0. The summed E-state index contributed by atoms with van der Waals surface area (Å²) in [6, 6.07) is 2.09. The van der Waals surface area contributed by atoms with Crippen molar-refractivity contribution in [3.8, 4) is 0 Å². The number of fused-ring (bicyclic) bond motifs is 1. The van der Waals surface area contributed by atoms with Crippen molar-refractivity contribution in [2.45, 2.75) is 57.4 Å². The van der Waals surface area contributed by atoms with E-state index in [1.54, 1.807) is 10.8 Å². The molecule has 0 unspecified atom stereocenters. The Morgan fingerprint density at radius 2 is 1.91 bits per heavy atom. The molecule has 0 aromatic carbocycles. The minimum absolute atomic E-state index is 0.328. The largest absolute Gasteiger partial charge is 0.380 e. The van der Waals surface area contributed by atoms with Gasteiger partial charge >= 0.3 is 0 Å². The van der Waals surface area contributed by atoms with Crippen LogP contribution in [0.4, 0.5) is 5.69 Å². The molecule has 0 atom stereocenters. The molecule has 23 heavy (non-hydrogen) atoms. The summed E-state index contributed by atoms with van der Waals surface area (Å²) < 4.78 is 1.76. The molecule has 0 spiro atoms. The van der Waals surface area contributed by atoms with Gasteiger partial charge in [-0.15, -0.1) is 10.2 Å². The summed E-state index contributed by atoms with van der Waals surface area (Å²) in [5.41, 5.74) is 3.19. The lowest BCUT2D eigenvalue weighted by Crippen LogP contribution is -2.53. The Morgan fingerprint density at radius 3 is 2.70 bits per heavy atom. The fourth-order valence-electron chi connectivity index (χ4n) is 4.35. The number of hydrogen-bond donors (Lipinski definition) is 1. The van der Waals surface area contributed by atoms with Crippen LogP contribution in [0.2, 0.25) is 0 Å². The number of rotatable bonds is 4. The number of nitrogens with zero attached hydrogens (tertiary/aromatic N) is 5. The minimum atomic E-state index is 0.328. The summed E-state index contributed by atoms with van der Waals surface area (Å²) in [4.78, 5) is 2.76. The highest BCUT2D eigenvalue weighted by atomic mass is 15.3. The maximum Gasteiger partial charge on any atom is 0.200 e. The first kappa shape index (κ1) is 14.9. The average Bonchev–Trinajstić information content (AvgIpc) is 3.23. The maximum atomic E-state index is 4.42. The van der Waals surface area contributed by atoms with Crippen LogP contribution in [0.5, 0.6) is 0 Å². The Bertz CT molecular complexity index is 667. The molecule has 2 fully saturated rings. The van der Waals surface area contributed by atoms with Gasteiger partial charge in [0, 0.05) is 12.1 Å². The number of aryl methyl sites for hydroxylation is 1. The lowest BCUT2D eigenvalue weighted by Gasteiger charge is -2.44. The molecule has 6 nitrogen and oxygen atoms in total. The first-order chi connectivity index (χ1) is 11.3. The van der Waals surface area contributed by atoms with Gasteiger partial charge in [-0.3, -0.25) is 4.90 Å². The highest BCUT2D eigenvalue weighted by Gasteiger charge is 2.39. The zero-order valence-electron chi connectivity index (χ0n) is 14.0. The molecule has 0 bridgehead atoms. The third-order valence-corrected chi connectivity index (χ3v) is 5.56. The standard InChI is InChI=1S/C17H26N6/c1-14-11-15(16-20-19-13-23(16)21-14)18-12-17(7-3-4-8-17)22-9-5-2-6-10-22/h11,13,18H,2-10,12H2,1H3. The second-order valence-electron chi connectivity index (χ2n) is 7.13. The number of aromatic nitrogens is 4. The second-order valence-corrected chi connectivity index (χ2v) is 7.13.